The first-order valence-electron chi connectivity index (χ1n) is 10.4. The smallest absolute Gasteiger partial charge is 0.317 e. The minimum atomic E-state index is -0.444. The van der Waals surface area contributed by atoms with Crippen LogP contribution in [0.2, 0.25) is 0 Å². The first kappa shape index (κ1) is 21.9. The summed E-state index contributed by atoms with van der Waals surface area (Å²) in [5.74, 6) is 0.768. The molecular formula is C22H32N4O4. The van der Waals surface area contributed by atoms with Crippen molar-refractivity contribution in [3.8, 4) is 5.75 Å². The van der Waals surface area contributed by atoms with E-state index in [0.29, 0.717) is 44.9 Å². The molecule has 30 heavy (non-hydrogen) atoms. The van der Waals surface area contributed by atoms with Crippen molar-refractivity contribution in [2.24, 2.45) is 5.41 Å². The number of nitrogens with one attached hydrogen (secondary N) is 1. The van der Waals surface area contributed by atoms with Crippen molar-refractivity contribution >= 4 is 17.8 Å². The van der Waals surface area contributed by atoms with E-state index in [-0.39, 0.29) is 30.3 Å². The van der Waals surface area contributed by atoms with E-state index in [2.05, 4.69) is 5.32 Å². The van der Waals surface area contributed by atoms with E-state index in [1.807, 2.05) is 43.0 Å². The van der Waals surface area contributed by atoms with Crippen LogP contribution in [0.4, 0.5) is 4.79 Å². The van der Waals surface area contributed by atoms with Crippen molar-refractivity contribution in [2.45, 2.75) is 32.7 Å². The lowest BCUT2D eigenvalue weighted by molar-refractivity contribution is -0.132. The molecule has 2 fully saturated rings. The van der Waals surface area contributed by atoms with E-state index in [0.717, 1.165) is 5.56 Å². The quantitative estimate of drug-likeness (QED) is 0.803. The summed E-state index contributed by atoms with van der Waals surface area (Å²) in [6, 6.07) is 7.36. The summed E-state index contributed by atoms with van der Waals surface area (Å²) in [6.45, 7) is 6.21. The lowest BCUT2D eigenvalue weighted by atomic mass is 9.86. The highest BCUT2D eigenvalue weighted by atomic mass is 16.5. The largest absolute Gasteiger partial charge is 0.497 e. The Kier molecular flexibility index (Phi) is 6.53. The summed E-state index contributed by atoms with van der Waals surface area (Å²) >= 11 is 0. The second-order valence-corrected chi connectivity index (χ2v) is 8.80. The molecule has 0 radical (unpaired) electrons. The Hall–Kier alpha value is -2.77. The molecule has 0 aromatic heterocycles. The molecule has 4 amide bonds. The van der Waals surface area contributed by atoms with Crippen LogP contribution >= 0.6 is 0 Å². The normalized spacial score (nSPS) is 21.9. The summed E-state index contributed by atoms with van der Waals surface area (Å²) < 4.78 is 5.25. The molecule has 0 unspecified atom stereocenters. The summed E-state index contributed by atoms with van der Waals surface area (Å²) in [7, 11) is 3.38. The Morgan fingerprint density at radius 1 is 1.17 bits per heavy atom. The maximum absolute atomic E-state index is 13.1. The van der Waals surface area contributed by atoms with Gasteiger partial charge in [0.15, 0.2) is 0 Å². The molecular weight excluding hydrogens is 384 g/mol. The molecule has 8 heteroatoms. The van der Waals surface area contributed by atoms with Crippen molar-refractivity contribution < 1.29 is 19.1 Å². The predicted octanol–water partition coefficient (Wildman–Crippen LogP) is 1.35. The molecule has 0 bridgehead atoms. The number of carbonyl (C=O) groups excluding carboxylic acids is 3. The molecule has 3 rings (SSSR count). The van der Waals surface area contributed by atoms with Crippen molar-refractivity contribution in [3.63, 3.8) is 0 Å². The van der Waals surface area contributed by atoms with Gasteiger partial charge < -0.3 is 24.8 Å². The van der Waals surface area contributed by atoms with Gasteiger partial charge in [-0.2, -0.15) is 0 Å². The zero-order valence-electron chi connectivity index (χ0n) is 18.3. The minimum Gasteiger partial charge on any atom is -0.497 e. The number of hydrogen-bond acceptors (Lipinski definition) is 4. The van der Waals surface area contributed by atoms with Crippen LogP contribution in [0.1, 0.15) is 25.8 Å². The van der Waals surface area contributed by atoms with Gasteiger partial charge in [0.2, 0.25) is 11.8 Å². The summed E-state index contributed by atoms with van der Waals surface area (Å²) in [6.07, 6.45) is 0.604. The monoisotopic (exact) mass is 416 g/mol. The molecule has 2 aliphatic rings. The van der Waals surface area contributed by atoms with Crippen LogP contribution in [-0.4, -0.2) is 85.5 Å². The number of likely N-dealkylation sites (tertiary alicyclic amines) is 1. The van der Waals surface area contributed by atoms with E-state index in [1.54, 1.807) is 24.0 Å². The molecule has 1 aromatic carbocycles. The molecule has 164 valence electrons. The molecule has 2 aliphatic heterocycles. The number of nitrogens with zero attached hydrogens (tertiary/aromatic N) is 3. The fourth-order valence-electron chi connectivity index (χ4n) is 4.37. The van der Waals surface area contributed by atoms with Crippen LogP contribution < -0.4 is 10.1 Å². The van der Waals surface area contributed by atoms with Gasteiger partial charge in [-0.3, -0.25) is 9.59 Å². The SMILES string of the molecule is COc1cccc(CC(=O)N2CCN(C(=O)NC(C)C)C[C@@]3(CC(=O)N(C)C3)C2)c1. The average molecular weight is 417 g/mol. The fourth-order valence-corrected chi connectivity index (χ4v) is 4.37. The maximum Gasteiger partial charge on any atom is 0.317 e. The molecule has 1 atom stereocenters. The van der Waals surface area contributed by atoms with Gasteiger partial charge in [-0.25, -0.2) is 4.79 Å². The topological polar surface area (TPSA) is 82.2 Å². The van der Waals surface area contributed by atoms with Gasteiger partial charge in [0.05, 0.1) is 13.5 Å². The Labute approximate surface area is 178 Å². The highest BCUT2D eigenvalue weighted by molar-refractivity contribution is 5.82. The highest BCUT2D eigenvalue weighted by Gasteiger charge is 2.47. The molecule has 2 saturated heterocycles. The first-order valence-corrected chi connectivity index (χ1v) is 10.4. The Balaban J connectivity index is 1.79. The van der Waals surface area contributed by atoms with E-state index in [4.69, 9.17) is 4.74 Å². The van der Waals surface area contributed by atoms with Gasteiger partial charge in [0.25, 0.3) is 0 Å². The van der Waals surface area contributed by atoms with E-state index < -0.39 is 5.41 Å². The molecule has 0 aliphatic carbocycles. The van der Waals surface area contributed by atoms with Gasteiger partial charge in [-0.15, -0.1) is 0 Å². The number of benzene rings is 1. The second-order valence-electron chi connectivity index (χ2n) is 8.80. The third-order valence-corrected chi connectivity index (χ3v) is 5.76. The number of carbonyl (C=O) groups is 3. The Morgan fingerprint density at radius 3 is 2.50 bits per heavy atom. The minimum absolute atomic E-state index is 0.00394. The van der Waals surface area contributed by atoms with Crippen LogP contribution in [0.15, 0.2) is 24.3 Å². The number of urea groups is 1. The summed E-state index contributed by atoms with van der Waals surface area (Å²) in [5, 5.41) is 2.94. The van der Waals surface area contributed by atoms with Gasteiger partial charge in [-0.05, 0) is 31.5 Å². The number of rotatable bonds is 4. The summed E-state index contributed by atoms with van der Waals surface area (Å²) in [4.78, 5) is 43.5. The number of amides is 4. The zero-order chi connectivity index (χ0) is 21.9. The average Bonchev–Trinajstić information content (AvgIpc) is 2.85. The molecule has 8 nitrogen and oxygen atoms in total. The van der Waals surface area contributed by atoms with Gasteiger partial charge >= 0.3 is 6.03 Å². The molecule has 2 heterocycles. The van der Waals surface area contributed by atoms with E-state index in [1.165, 1.54) is 0 Å². The Morgan fingerprint density at radius 2 is 1.87 bits per heavy atom. The molecule has 1 N–H and O–H groups in total. The van der Waals surface area contributed by atoms with Crippen molar-refractivity contribution in [1.82, 2.24) is 20.0 Å². The lowest BCUT2D eigenvalue weighted by Crippen LogP contribution is -2.49. The van der Waals surface area contributed by atoms with Crippen LogP contribution in [0.25, 0.3) is 0 Å². The second kappa shape index (κ2) is 8.93. The number of ether oxygens (including phenoxy) is 1. The number of methoxy groups -OCH3 is 1. The predicted molar refractivity (Wildman–Crippen MR) is 113 cm³/mol. The van der Waals surface area contributed by atoms with Crippen LogP contribution in [0, 0.1) is 5.41 Å². The number of hydrogen-bond donors (Lipinski definition) is 1. The molecule has 1 aromatic rings. The third kappa shape index (κ3) is 5.04. The van der Waals surface area contributed by atoms with E-state index >= 15 is 0 Å². The Bertz CT molecular complexity index is 812. The van der Waals surface area contributed by atoms with Gasteiger partial charge in [-0.1, -0.05) is 12.1 Å². The standard InChI is InChI=1S/C22H32N4O4/c1-16(2)23-21(29)26-9-8-25(14-22(15-26)12-20(28)24(3)13-22)19(27)11-17-6-5-7-18(10-17)30-4/h5-7,10,16H,8-9,11-15H2,1-4H3,(H,23,29)/t22-/m1/s1. The van der Waals surface area contributed by atoms with Crippen molar-refractivity contribution in [3.05, 3.63) is 29.8 Å². The van der Waals surface area contributed by atoms with Gasteiger partial charge in [0.1, 0.15) is 5.75 Å². The van der Waals surface area contributed by atoms with Crippen molar-refractivity contribution in [2.75, 3.05) is 46.9 Å². The first-order chi connectivity index (χ1) is 14.2. The summed E-state index contributed by atoms with van der Waals surface area (Å²) in [5.41, 5.74) is 0.437. The van der Waals surface area contributed by atoms with Crippen LogP contribution in [0.5, 0.6) is 5.75 Å². The van der Waals surface area contributed by atoms with Gasteiger partial charge in [0, 0.05) is 57.6 Å². The van der Waals surface area contributed by atoms with E-state index in [9.17, 15) is 14.4 Å². The third-order valence-electron chi connectivity index (χ3n) is 5.76. The van der Waals surface area contributed by atoms with Crippen LogP contribution in [-0.2, 0) is 16.0 Å². The fraction of sp³-hybridized carbons (Fsp3) is 0.591. The highest BCUT2D eigenvalue weighted by Crippen LogP contribution is 2.34. The molecule has 0 saturated carbocycles. The van der Waals surface area contributed by atoms with Crippen molar-refractivity contribution in [1.29, 1.82) is 0 Å². The van der Waals surface area contributed by atoms with Crippen LogP contribution in [0.3, 0.4) is 0 Å². The molecule has 1 spiro atoms. The maximum atomic E-state index is 13.1. The zero-order valence-corrected chi connectivity index (χ0v) is 18.3. The lowest BCUT2D eigenvalue weighted by Gasteiger charge is -2.33.